The number of ether oxygens (including phenoxy) is 1. The summed E-state index contributed by atoms with van der Waals surface area (Å²) in [7, 11) is 0. The van der Waals surface area contributed by atoms with Crippen LogP contribution >= 0.6 is 0 Å². The molecule has 0 fully saturated rings. The molecule has 8 nitrogen and oxygen atoms in total. The average molecular weight is 477 g/mol. The number of aryl methyl sites for hydroxylation is 1. The molecule has 178 valence electrons. The SMILES string of the molecule is C=C(C)C(=O)Nc1ccc(-c2[nH]c3ncnc(N)c3c2-c2ccc(Oc3cccc(C)n3)cc2)cc1. The molecular weight excluding hydrogens is 452 g/mol. The van der Waals surface area contributed by atoms with Crippen LogP contribution in [-0.2, 0) is 4.79 Å². The van der Waals surface area contributed by atoms with E-state index in [4.69, 9.17) is 10.5 Å². The first-order valence-corrected chi connectivity index (χ1v) is 11.3. The van der Waals surface area contributed by atoms with Gasteiger partial charge < -0.3 is 20.8 Å². The number of hydrogen-bond donors (Lipinski definition) is 3. The molecule has 2 aromatic carbocycles. The summed E-state index contributed by atoms with van der Waals surface area (Å²) >= 11 is 0. The van der Waals surface area contributed by atoms with Crippen LogP contribution in [0.2, 0.25) is 0 Å². The van der Waals surface area contributed by atoms with Crippen LogP contribution in [0.25, 0.3) is 33.4 Å². The maximum atomic E-state index is 12.0. The third-order valence-corrected chi connectivity index (χ3v) is 5.67. The number of pyridine rings is 1. The molecule has 1 amide bonds. The quantitative estimate of drug-likeness (QED) is 0.263. The molecule has 0 aliphatic rings. The van der Waals surface area contributed by atoms with E-state index in [-0.39, 0.29) is 5.91 Å². The summed E-state index contributed by atoms with van der Waals surface area (Å²) in [5.74, 6) is 1.36. The van der Waals surface area contributed by atoms with Gasteiger partial charge in [0, 0.05) is 28.6 Å². The molecule has 0 atom stereocenters. The molecule has 3 heterocycles. The second kappa shape index (κ2) is 9.34. The summed E-state index contributed by atoms with van der Waals surface area (Å²) in [6.07, 6.45) is 1.43. The van der Waals surface area contributed by atoms with Crippen LogP contribution in [0.15, 0.2) is 85.2 Å². The van der Waals surface area contributed by atoms with E-state index < -0.39 is 0 Å². The van der Waals surface area contributed by atoms with Gasteiger partial charge in [0.15, 0.2) is 0 Å². The van der Waals surface area contributed by atoms with Crippen molar-refractivity contribution in [2.45, 2.75) is 13.8 Å². The van der Waals surface area contributed by atoms with E-state index in [1.807, 2.05) is 73.7 Å². The standard InChI is InChI=1S/C28H24N6O2/c1-16(2)28(35)33-20-11-7-19(8-12-20)25-23(24-26(29)30-15-31-27(24)34-25)18-9-13-21(14-10-18)36-22-6-4-5-17(3)32-22/h4-15H,1H2,2-3H3,(H,33,35)(H3,29,30,31,34). The zero-order valence-corrected chi connectivity index (χ0v) is 19.9. The summed E-state index contributed by atoms with van der Waals surface area (Å²) < 4.78 is 5.91. The predicted octanol–water partition coefficient (Wildman–Crippen LogP) is 5.88. The lowest BCUT2D eigenvalue weighted by Crippen LogP contribution is -2.11. The number of rotatable bonds is 6. The first-order chi connectivity index (χ1) is 17.4. The third-order valence-electron chi connectivity index (χ3n) is 5.67. The maximum absolute atomic E-state index is 12.0. The summed E-state index contributed by atoms with van der Waals surface area (Å²) in [5, 5.41) is 3.56. The number of hydrogen-bond acceptors (Lipinski definition) is 6. The van der Waals surface area contributed by atoms with Gasteiger partial charge in [0.25, 0.3) is 5.91 Å². The highest BCUT2D eigenvalue weighted by molar-refractivity contribution is 6.07. The second-order valence-corrected chi connectivity index (χ2v) is 8.41. The molecule has 0 saturated carbocycles. The number of nitrogens with zero attached hydrogens (tertiary/aromatic N) is 3. The molecule has 36 heavy (non-hydrogen) atoms. The Kier molecular flexibility index (Phi) is 5.92. The minimum Gasteiger partial charge on any atom is -0.439 e. The van der Waals surface area contributed by atoms with E-state index in [2.05, 4.69) is 31.8 Å². The number of amides is 1. The number of H-pyrrole nitrogens is 1. The molecule has 0 saturated heterocycles. The van der Waals surface area contributed by atoms with Crippen molar-refractivity contribution in [1.29, 1.82) is 0 Å². The van der Waals surface area contributed by atoms with Gasteiger partial charge in [-0.25, -0.2) is 15.0 Å². The fourth-order valence-corrected chi connectivity index (χ4v) is 3.89. The van der Waals surface area contributed by atoms with Crippen molar-refractivity contribution >= 4 is 28.4 Å². The molecule has 0 aliphatic heterocycles. The number of aromatic amines is 1. The van der Waals surface area contributed by atoms with Crippen molar-refractivity contribution in [3.05, 3.63) is 90.9 Å². The zero-order valence-electron chi connectivity index (χ0n) is 19.9. The normalized spacial score (nSPS) is 10.8. The van der Waals surface area contributed by atoms with Crippen LogP contribution < -0.4 is 15.8 Å². The van der Waals surface area contributed by atoms with Crippen LogP contribution in [0.4, 0.5) is 11.5 Å². The van der Waals surface area contributed by atoms with Crippen molar-refractivity contribution in [3.63, 3.8) is 0 Å². The molecule has 5 rings (SSSR count). The average Bonchev–Trinajstić information content (AvgIpc) is 3.26. The monoisotopic (exact) mass is 476 g/mol. The highest BCUT2D eigenvalue weighted by Gasteiger charge is 2.19. The van der Waals surface area contributed by atoms with E-state index >= 15 is 0 Å². The van der Waals surface area contributed by atoms with E-state index in [1.165, 1.54) is 6.33 Å². The molecule has 0 spiro atoms. The number of carbonyl (C=O) groups is 1. The highest BCUT2D eigenvalue weighted by Crippen LogP contribution is 2.40. The van der Waals surface area contributed by atoms with Gasteiger partial charge in [-0.15, -0.1) is 0 Å². The molecule has 0 unspecified atom stereocenters. The van der Waals surface area contributed by atoms with Crippen molar-refractivity contribution in [1.82, 2.24) is 19.9 Å². The summed E-state index contributed by atoms with van der Waals surface area (Å²) in [6, 6.07) is 20.9. The van der Waals surface area contributed by atoms with E-state index in [0.29, 0.717) is 34.4 Å². The summed E-state index contributed by atoms with van der Waals surface area (Å²) in [6.45, 7) is 7.26. The first-order valence-electron chi connectivity index (χ1n) is 11.3. The van der Waals surface area contributed by atoms with Crippen LogP contribution in [0.1, 0.15) is 12.6 Å². The number of fused-ring (bicyclic) bond motifs is 1. The van der Waals surface area contributed by atoms with Crippen molar-refractivity contribution in [2.75, 3.05) is 11.1 Å². The van der Waals surface area contributed by atoms with Gasteiger partial charge >= 0.3 is 0 Å². The van der Waals surface area contributed by atoms with E-state index in [1.54, 1.807) is 6.92 Å². The Morgan fingerprint density at radius 2 is 1.72 bits per heavy atom. The fraction of sp³-hybridized carbons (Fsp3) is 0.0714. The molecule has 5 aromatic rings. The summed E-state index contributed by atoms with van der Waals surface area (Å²) in [4.78, 5) is 28.3. The van der Waals surface area contributed by atoms with Crippen LogP contribution in [0.5, 0.6) is 11.6 Å². The van der Waals surface area contributed by atoms with Gasteiger partial charge in [0.1, 0.15) is 23.5 Å². The Morgan fingerprint density at radius 3 is 2.42 bits per heavy atom. The molecule has 0 aliphatic carbocycles. The lowest BCUT2D eigenvalue weighted by Gasteiger charge is -2.10. The minimum atomic E-state index is -0.222. The molecule has 3 aromatic heterocycles. The lowest BCUT2D eigenvalue weighted by atomic mass is 9.98. The number of nitrogens with one attached hydrogen (secondary N) is 2. The number of aromatic nitrogens is 4. The van der Waals surface area contributed by atoms with Gasteiger partial charge in [-0.1, -0.05) is 36.9 Å². The number of nitrogens with two attached hydrogens (primary N) is 1. The molecule has 4 N–H and O–H groups in total. The Balaban J connectivity index is 1.53. The topological polar surface area (TPSA) is 119 Å². The van der Waals surface area contributed by atoms with Gasteiger partial charge in [-0.2, -0.15) is 0 Å². The molecule has 0 bridgehead atoms. The number of nitrogen functional groups attached to an aromatic ring is 1. The van der Waals surface area contributed by atoms with E-state index in [0.717, 1.165) is 33.5 Å². The third kappa shape index (κ3) is 4.52. The Labute approximate surface area is 207 Å². The largest absolute Gasteiger partial charge is 0.439 e. The van der Waals surface area contributed by atoms with Gasteiger partial charge in [0.2, 0.25) is 5.88 Å². The van der Waals surface area contributed by atoms with Gasteiger partial charge in [-0.05, 0) is 55.3 Å². The van der Waals surface area contributed by atoms with Crippen molar-refractivity contribution < 1.29 is 9.53 Å². The summed E-state index contributed by atoms with van der Waals surface area (Å²) in [5.41, 5.74) is 12.5. The Morgan fingerprint density at radius 1 is 1.00 bits per heavy atom. The predicted molar refractivity (Wildman–Crippen MR) is 142 cm³/mol. The van der Waals surface area contributed by atoms with Crippen LogP contribution in [0, 0.1) is 6.92 Å². The molecule has 0 radical (unpaired) electrons. The first kappa shape index (κ1) is 22.8. The smallest absolute Gasteiger partial charge is 0.250 e. The fourth-order valence-electron chi connectivity index (χ4n) is 3.89. The maximum Gasteiger partial charge on any atom is 0.250 e. The van der Waals surface area contributed by atoms with Gasteiger partial charge in [-0.3, -0.25) is 4.79 Å². The lowest BCUT2D eigenvalue weighted by molar-refractivity contribution is -0.112. The van der Waals surface area contributed by atoms with Crippen LogP contribution in [-0.4, -0.2) is 25.8 Å². The number of benzene rings is 2. The number of carbonyl (C=O) groups excluding carboxylic acids is 1. The second-order valence-electron chi connectivity index (χ2n) is 8.41. The Bertz CT molecular complexity index is 1590. The van der Waals surface area contributed by atoms with Crippen molar-refractivity contribution in [2.24, 2.45) is 0 Å². The molecular formula is C28H24N6O2. The Hall–Kier alpha value is -4.98. The number of anilines is 2. The zero-order chi connectivity index (χ0) is 25.2. The van der Waals surface area contributed by atoms with E-state index in [9.17, 15) is 4.79 Å². The van der Waals surface area contributed by atoms with Gasteiger partial charge in [0.05, 0.1) is 11.1 Å². The highest BCUT2D eigenvalue weighted by atomic mass is 16.5. The molecule has 8 heteroatoms. The van der Waals surface area contributed by atoms with Crippen LogP contribution in [0.3, 0.4) is 0 Å². The minimum absolute atomic E-state index is 0.222. The van der Waals surface area contributed by atoms with Crippen molar-refractivity contribution in [3.8, 4) is 34.0 Å².